The summed E-state index contributed by atoms with van der Waals surface area (Å²) in [6.45, 7) is 2.85. The second-order valence-corrected chi connectivity index (χ2v) is 6.17. The highest BCUT2D eigenvalue weighted by atomic mass is 35.5. The first kappa shape index (κ1) is 21.2. The molecule has 10 heteroatoms. The Morgan fingerprint density at radius 1 is 1.41 bits per heavy atom. The van der Waals surface area contributed by atoms with Gasteiger partial charge in [-0.15, -0.1) is 12.4 Å². The number of piperidine rings is 1. The summed E-state index contributed by atoms with van der Waals surface area (Å²) in [6.07, 6.45) is 0.706. The summed E-state index contributed by atoms with van der Waals surface area (Å²) >= 11 is 0. The molecular formula is C17H21ClF2N4O3. The van der Waals surface area contributed by atoms with E-state index in [1.165, 1.54) is 6.07 Å². The molecule has 2 atom stereocenters. The fourth-order valence-electron chi connectivity index (χ4n) is 3.03. The number of hydrogen-bond donors (Lipinski definition) is 2. The Labute approximate surface area is 161 Å². The van der Waals surface area contributed by atoms with Crippen LogP contribution in [-0.4, -0.2) is 41.8 Å². The van der Waals surface area contributed by atoms with Gasteiger partial charge in [0.05, 0.1) is 0 Å². The Balaban J connectivity index is 0.00000261. The van der Waals surface area contributed by atoms with E-state index in [1.54, 1.807) is 13.0 Å². The molecule has 1 aromatic carbocycles. The maximum Gasteiger partial charge on any atom is 0.252 e. The fraction of sp³-hybridized carbons (Fsp3) is 0.471. The molecule has 0 aliphatic carbocycles. The topological polar surface area (TPSA) is 89.3 Å². The lowest BCUT2D eigenvalue weighted by Crippen LogP contribution is -2.50. The van der Waals surface area contributed by atoms with Gasteiger partial charge in [-0.05, 0) is 37.6 Å². The van der Waals surface area contributed by atoms with Crippen LogP contribution in [0.25, 0.3) is 0 Å². The van der Waals surface area contributed by atoms with Crippen LogP contribution in [0.15, 0.2) is 22.7 Å². The maximum absolute atomic E-state index is 13.5. The van der Waals surface area contributed by atoms with Crippen molar-refractivity contribution < 1.29 is 22.8 Å². The Morgan fingerprint density at radius 2 is 2.22 bits per heavy atom. The van der Waals surface area contributed by atoms with Gasteiger partial charge in [0.15, 0.2) is 17.5 Å². The molecule has 2 aromatic rings. The van der Waals surface area contributed by atoms with E-state index in [1.807, 2.05) is 0 Å². The second kappa shape index (κ2) is 9.72. The molecule has 0 bridgehead atoms. The third-order valence-electron chi connectivity index (χ3n) is 4.23. The third-order valence-corrected chi connectivity index (χ3v) is 4.23. The van der Waals surface area contributed by atoms with Gasteiger partial charge in [0.1, 0.15) is 13.2 Å². The van der Waals surface area contributed by atoms with Crippen LogP contribution in [0.3, 0.4) is 0 Å². The molecule has 1 saturated heterocycles. The number of ether oxygens (including phenoxy) is 1. The molecule has 3 rings (SSSR count). The number of hydrogen-bond acceptors (Lipinski definition) is 6. The molecule has 148 valence electrons. The van der Waals surface area contributed by atoms with Gasteiger partial charge in [0.2, 0.25) is 5.91 Å². The molecule has 7 nitrogen and oxygen atoms in total. The molecule has 0 saturated carbocycles. The molecular weight excluding hydrogens is 382 g/mol. The molecule has 1 aromatic heterocycles. The number of rotatable bonds is 6. The summed E-state index contributed by atoms with van der Waals surface area (Å²) in [4.78, 5) is 16.1. The smallest absolute Gasteiger partial charge is 0.252 e. The number of aryl methyl sites for hydroxylation is 1. The summed E-state index contributed by atoms with van der Waals surface area (Å²) in [5.41, 5.74) is 0.665. The lowest BCUT2D eigenvalue weighted by atomic mass is 9.86. The van der Waals surface area contributed by atoms with Gasteiger partial charge in [0.25, 0.3) is 5.89 Å². The molecule has 1 amide bonds. The van der Waals surface area contributed by atoms with E-state index in [0.29, 0.717) is 30.2 Å². The van der Waals surface area contributed by atoms with Gasteiger partial charge in [-0.2, -0.15) is 4.98 Å². The maximum atomic E-state index is 13.5. The van der Waals surface area contributed by atoms with Gasteiger partial charge in [-0.3, -0.25) is 4.79 Å². The lowest BCUT2D eigenvalue weighted by molar-refractivity contribution is -0.127. The number of benzene rings is 1. The minimum atomic E-state index is -0.885. The number of amides is 1. The van der Waals surface area contributed by atoms with E-state index in [0.717, 1.165) is 12.6 Å². The molecule has 2 heterocycles. The normalized spacial score (nSPS) is 19.4. The van der Waals surface area contributed by atoms with Crippen LogP contribution in [0.4, 0.5) is 8.78 Å². The number of aromatic nitrogens is 2. The number of carbonyl (C=O) groups excluding carboxylic acids is 1. The third kappa shape index (κ3) is 5.69. The summed E-state index contributed by atoms with van der Waals surface area (Å²) in [7, 11) is 0. The van der Waals surface area contributed by atoms with Gasteiger partial charge in [0, 0.05) is 18.5 Å². The zero-order valence-corrected chi connectivity index (χ0v) is 15.5. The van der Waals surface area contributed by atoms with Crippen molar-refractivity contribution in [2.45, 2.75) is 31.9 Å². The number of nitrogens with one attached hydrogen (secondary N) is 2. The van der Waals surface area contributed by atoms with Crippen molar-refractivity contribution in [3.63, 3.8) is 0 Å². The van der Waals surface area contributed by atoms with Crippen LogP contribution < -0.4 is 10.6 Å². The summed E-state index contributed by atoms with van der Waals surface area (Å²) in [5.74, 6) is -1.38. The highest BCUT2D eigenvalue weighted by Crippen LogP contribution is 2.27. The van der Waals surface area contributed by atoms with Crippen molar-refractivity contribution in [3.8, 4) is 0 Å². The summed E-state index contributed by atoms with van der Waals surface area (Å²) in [5, 5.41) is 9.71. The van der Waals surface area contributed by atoms with Crippen molar-refractivity contribution in [2.75, 3.05) is 19.7 Å². The molecule has 0 radical (unpaired) electrons. The van der Waals surface area contributed by atoms with Gasteiger partial charge < -0.3 is 19.9 Å². The average molecular weight is 403 g/mol. The van der Waals surface area contributed by atoms with Crippen molar-refractivity contribution in [1.82, 2.24) is 20.8 Å². The Morgan fingerprint density at radius 3 is 2.93 bits per heavy atom. The van der Waals surface area contributed by atoms with Crippen molar-refractivity contribution in [3.05, 3.63) is 47.1 Å². The van der Waals surface area contributed by atoms with E-state index < -0.39 is 11.6 Å². The van der Waals surface area contributed by atoms with Crippen molar-refractivity contribution in [1.29, 1.82) is 0 Å². The van der Waals surface area contributed by atoms with Crippen LogP contribution in [0.1, 0.15) is 29.6 Å². The minimum absolute atomic E-state index is 0. The van der Waals surface area contributed by atoms with Crippen LogP contribution >= 0.6 is 12.4 Å². The predicted octanol–water partition coefficient (Wildman–Crippen LogP) is 1.86. The standard InChI is InChI=1S/C17H20F2N4O3.ClH/c1-10-21-17(26-23-10)9-25-8-16(24)22-15-7-20-5-4-12(15)11-2-3-13(18)14(19)6-11;/h2-3,6,12,15,20H,4-5,7-9H2,1H3,(H,22,24);1H. The Bertz CT molecular complexity index is 774. The minimum Gasteiger partial charge on any atom is -0.362 e. The van der Waals surface area contributed by atoms with E-state index >= 15 is 0 Å². The Kier molecular flexibility index (Phi) is 7.64. The first-order valence-corrected chi connectivity index (χ1v) is 8.35. The SMILES string of the molecule is Cc1noc(COCC(=O)NC2CNCCC2c2ccc(F)c(F)c2)n1.Cl. The number of halogens is 3. The zero-order chi connectivity index (χ0) is 18.5. The molecule has 1 aliphatic heterocycles. The Hall–Kier alpha value is -2.10. The van der Waals surface area contributed by atoms with E-state index in [-0.39, 0.29) is 43.5 Å². The number of nitrogens with zero attached hydrogens (tertiary/aromatic N) is 2. The molecule has 2 N–H and O–H groups in total. The summed E-state index contributed by atoms with van der Waals surface area (Å²) < 4.78 is 36.9. The largest absolute Gasteiger partial charge is 0.362 e. The van der Waals surface area contributed by atoms with Gasteiger partial charge in [-0.25, -0.2) is 8.78 Å². The molecule has 0 spiro atoms. The van der Waals surface area contributed by atoms with E-state index in [9.17, 15) is 13.6 Å². The fourth-order valence-corrected chi connectivity index (χ4v) is 3.03. The predicted molar refractivity (Wildman–Crippen MR) is 94.5 cm³/mol. The zero-order valence-electron chi connectivity index (χ0n) is 14.7. The molecule has 27 heavy (non-hydrogen) atoms. The molecule has 2 unspecified atom stereocenters. The van der Waals surface area contributed by atoms with E-state index in [2.05, 4.69) is 20.8 Å². The molecule has 1 fully saturated rings. The average Bonchev–Trinajstić information content (AvgIpc) is 3.03. The van der Waals surface area contributed by atoms with Crippen molar-refractivity contribution in [2.24, 2.45) is 0 Å². The van der Waals surface area contributed by atoms with Crippen LogP contribution in [0.2, 0.25) is 0 Å². The highest BCUT2D eigenvalue weighted by Gasteiger charge is 2.28. The first-order chi connectivity index (χ1) is 12.5. The first-order valence-electron chi connectivity index (χ1n) is 8.35. The van der Waals surface area contributed by atoms with Crippen molar-refractivity contribution >= 4 is 18.3 Å². The second-order valence-electron chi connectivity index (χ2n) is 6.17. The van der Waals surface area contributed by atoms with Gasteiger partial charge in [-0.1, -0.05) is 11.2 Å². The summed E-state index contributed by atoms with van der Waals surface area (Å²) in [6, 6.07) is 3.62. The van der Waals surface area contributed by atoms with Crippen LogP contribution in [0.5, 0.6) is 0 Å². The molecule has 1 aliphatic rings. The van der Waals surface area contributed by atoms with Crippen LogP contribution in [-0.2, 0) is 16.1 Å². The quantitative estimate of drug-likeness (QED) is 0.766. The number of carbonyl (C=O) groups is 1. The van der Waals surface area contributed by atoms with Crippen LogP contribution in [0, 0.1) is 18.6 Å². The van der Waals surface area contributed by atoms with Gasteiger partial charge >= 0.3 is 0 Å². The highest BCUT2D eigenvalue weighted by molar-refractivity contribution is 5.85. The monoisotopic (exact) mass is 402 g/mol. The van der Waals surface area contributed by atoms with E-state index in [4.69, 9.17) is 9.26 Å². The lowest BCUT2D eigenvalue weighted by Gasteiger charge is -2.33.